The predicted molar refractivity (Wildman–Crippen MR) is 75.7 cm³/mol. The second kappa shape index (κ2) is 6.51. The molecular formula is C16H22F3N. The van der Waals surface area contributed by atoms with E-state index in [4.69, 9.17) is 0 Å². The Labute approximate surface area is 118 Å². The highest BCUT2D eigenvalue weighted by Gasteiger charge is 2.33. The molecule has 1 fully saturated rings. The number of alkyl halides is 3. The fraction of sp³-hybridized carbons (Fsp3) is 0.625. The van der Waals surface area contributed by atoms with Crippen molar-refractivity contribution < 1.29 is 13.2 Å². The molecule has 0 saturated heterocycles. The van der Waals surface area contributed by atoms with Gasteiger partial charge in [-0.1, -0.05) is 44.7 Å². The molecule has 0 spiro atoms. The van der Waals surface area contributed by atoms with Gasteiger partial charge in [-0.05, 0) is 30.4 Å². The Bertz CT molecular complexity index is 420. The van der Waals surface area contributed by atoms with Crippen LogP contribution in [-0.2, 0) is 6.18 Å². The summed E-state index contributed by atoms with van der Waals surface area (Å²) in [7, 11) is 0. The number of hydrogen-bond acceptors (Lipinski definition) is 1. The molecule has 0 unspecified atom stereocenters. The molecule has 1 aliphatic rings. The Morgan fingerprint density at radius 1 is 1.10 bits per heavy atom. The Morgan fingerprint density at radius 3 is 2.40 bits per heavy atom. The van der Waals surface area contributed by atoms with E-state index >= 15 is 0 Å². The van der Waals surface area contributed by atoms with Crippen LogP contribution in [-0.4, -0.2) is 6.54 Å². The van der Waals surface area contributed by atoms with Crippen molar-refractivity contribution in [2.75, 3.05) is 11.9 Å². The minimum absolute atomic E-state index is 0.198. The molecule has 0 amide bonds. The number of anilines is 1. The molecule has 1 aromatic carbocycles. The summed E-state index contributed by atoms with van der Waals surface area (Å²) in [6.45, 7) is 2.89. The molecule has 20 heavy (non-hydrogen) atoms. The van der Waals surface area contributed by atoms with Gasteiger partial charge in [-0.15, -0.1) is 0 Å². The van der Waals surface area contributed by atoms with E-state index in [1.165, 1.54) is 37.8 Å². The second-order valence-corrected chi connectivity index (χ2v) is 5.88. The minimum Gasteiger partial charge on any atom is -0.385 e. The molecule has 4 heteroatoms. The lowest BCUT2D eigenvalue weighted by molar-refractivity contribution is -0.136. The molecule has 1 saturated carbocycles. The van der Waals surface area contributed by atoms with Crippen LogP contribution in [0.15, 0.2) is 24.3 Å². The predicted octanol–water partition coefficient (Wildman–Crippen LogP) is 5.33. The van der Waals surface area contributed by atoms with E-state index in [9.17, 15) is 13.2 Å². The van der Waals surface area contributed by atoms with E-state index in [1.54, 1.807) is 6.07 Å². The highest BCUT2D eigenvalue weighted by atomic mass is 19.4. The molecule has 0 aromatic heterocycles. The minimum atomic E-state index is -4.29. The third-order valence-electron chi connectivity index (χ3n) is 4.24. The van der Waals surface area contributed by atoms with E-state index in [1.807, 2.05) is 0 Å². The van der Waals surface area contributed by atoms with Crippen LogP contribution < -0.4 is 5.32 Å². The first-order chi connectivity index (χ1) is 9.47. The number of hydrogen-bond donors (Lipinski definition) is 1. The van der Waals surface area contributed by atoms with Crippen LogP contribution in [0.25, 0.3) is 0 Å². The van der Waals surface area contributed by atoms with Gasteiger partial charge in [-0.2, -0.15) is 13.2 Å². The van der Waals surface area contributed by atoms with Gasteiger partial charge < -0.3 is 5.32 Å². The van der Waals surface area contributed by atoms with Gasteiger partial charge in [0.15, 0.2) is 0 Å². The lowest BCUT2D eigenvalue weighted by atomic mass is 9.81. The van der Waals surface area contributed by atoms with Crippen LogP contribution in [0.3, 0.4) is 0 Å². The van der Waals surface area contributed by atoms with Crippen LogP contribution in [0.2, 0.25) is 0 Å². The van der Waals surface area contributed by atoms with Crippen LogP contribution in [0.1, 0.15) is 44.6 Å². The summed E-state index contributed by atoms with van der Waals surface area (Å²) in [6.07, 6.45) is 1.60. The van der Waals surface area contributed by atoms with Crippen molar-refractivity contribution in [2.24, 2.45) is 11.8 Å². The molecule has 1 aliphatic carbocycles. The van der Waals surface area contributed by atoms with Crippen molar-refractivity contribution in [3.8, 4) is 0 Å². The summed E-state index contributed by atoms with van der Waals surface area (Å²) in [5.74, 6) is 1.47. The van der Waals surface area contributed by atoms with Crippen LogP contribution in [0, 0.1) is 11.8 Å². The van der Waals surface area contributed by atoms with Gasteiger partial charge in [0.05, 0.1) is 5.56 Å². The maximum Gasteiger partial charge on any atom is 0.418 e. The molecule has 0 bridgehead atoms. The van der Waals surface area contributed by atoms with Gasteiger partial charge in [0.25, 0.3) is 0 Å². The van der Waals surface area contributed by atoms with Crippen LogP contribution in [0.4, 0.5) is 18.9 Å². The normalized spacial score (nSPS) is 23.6. The number of nitrogens with one attached hydrogen (secondary N) is 1. The first kappa shape index (κ1) is 15.2. The van der Waals surface area contributed by atoms with Gasteiger partial charge in [0, 0.05) is 12.2 Å². The summed E-state index contributed by atoms with van der Waals surface area (Å²) in [6, 6.07) is 5.70. The molecule has 1 N–H and O–H groups in total. The smallest absolute Gasteiger partial charge is 0.385 e. The van der Waals surface area contributed by atoms with E-state index in [0.717, 1.165) is 18.4 Å². The largest absolute Gasteiger partial charge is 0.418 e. The molecule has 0 heterocycles. The van der Waals surface area contributed by atoms with Crippen molar-refractivity contribution in [3.05, 3.63) is 29.8 Å². The molecule has 2 rings (SSSR count). The fourth-order valence-electron chi connectivity index (χ4n) is 2.91. The lowest BCUT2D eigenvalue weighted by Crippen LogP contribution is -2.17. The van der Waals surface area contributed by atoms with Gasteiger partial charge >= 0.3 is 6.18 Å². The topological polar surface area (TPSA) is 12.0 Å². The highest BCUT2D eigenvalue weighted by molar-refractivity contribution is 5.52. The first-order valence-electron chi connectivity index (χ1n) is 7.37. The number of rotatable bonds is 4. The number of para-hydroxylation sites is 1. The zero-order chi connectivity index (χ0) is 14.6. The Hall–Kier alpha value is -1.19. The van der Waals surface area contributed by atoms with E-state index in [0.29, 0.717) is 12.5 Å². The Balaban J connectivity index is 1.85. The summed E-state index contributed by atoms with van der Waals surface area (Å²) in [5, 5.41) is 2.96. The van der Waals surface area contributed by atoms with Gasteiger partial charge in [-0.25, -0.2) is 0 Å². The van der Waals surface area contributed by atoms with Crippen molar-refractivity contribution in [3.63, 3.8) is 0 Å². The lowest BCUT2D eigenvalue weighted by Gasteiger charge is -2.26. The quantitative estimate of drug-likeness (QED) is 0.788. The molecule has 1 aromatic rings. The van der Waals surface area contributed by atoms with Crippen molar-refractivity contribution in [1.29, 1.82) is 0 Å². The highest BCUT2D eigenvalue weighted by Crippen LogP contribution is 2.35. The van der Waals surface area contributed by atoms with Gasteiger partial charge in [0.2, 0.25) is 0 Å². The maximum absolute atomic E-state index is 12.8. The van der Waals surface area contributed by atoms with Gasteiger partial charge in [-0.3, -0.25) is 0 Å². The fourth-order valence-corrected chi connectivity index (χ4v) is 2.91. The Morgan fingerprint density at radius 2 is 1.75 bits per heavy atom. The zero-order valence-corrected chi connectivity index (χ0v) is 11.8. The van der Waals surface area contributed by atoms with E-state index in [-0.39, 0.29) is 5.69 Å². The zero-order valence-electron chi connectivity index (χ0n) is 11.8. The van der Waals surface area contributed by atoms with Crippen LogP contribution in [0.5, 0.6) is 0 Å². The summed E-state index contributed by atoms with van der Waals surface area (Å²) >= 11 is 0. The van der Waals surface area contributed by atoms with Gasteiger partial charge in [0.1, 0.15) is 0 Å². The summed E-state index contributed by atoms with van der Waals surface area (Å²) in [4.78, 5) is 0. The summed E-state index contributed by atoms with van der Waals surface area (Å²) < 4.78 is 38.5. The molecule has 0 atom stereocenters. The third kappa shape index (κ3) is 4.15. The van der Waals surface area contributed by atoms with Crippen molar-refractivity contribution in [1.82, 2.24) is 0 Å². The molecule has 1 nitrogen and oxygen atoms in total. The maximum atomic E-state index is 12.8. The van der Waals surface area contributed by atoms with Crippen molar-refractivity contribution in [2.45, 2.75) is 45.2 Å². The number of benzene rings is 1. The average molecular weight is 285 g/mol. The molecular weight excluding hydrogens is 263 g/mol. The standard InChI is InChI=1S/C16H22F3N/c1-12-6-8-13(9-7-12)10-11-20-15-5-3-2-4-14(15)16(17,18)19/h2-5,12-13,20H,6-11H2,1H3. The first-order valence-corrected chi connectivity index (χ1v) is 7.37. The summed E-state index contributed by atoms with van der Waals surface area (Å²) in [5.41, 5.74) is -0.374. The monoisotopic (exact) mass is 285 g/mol. The Kier molecular flexibility index (Phi) is 4.95. The second-order valence-electron chi connectivity index (χ2n) is 5.88. The molecule has 0 aliphatic heterocycles. The SMILES string of the molecule is CC1CCC(CCNc2ccccc2C(F)(F)F)CC1. The molecule has 112 valence electrons. The van der Waals surface area contributed by atoms with Crippen molar-refractivity contribution >= 4 is 5.69 Å². The average Bonchev–Trinajstić information content (AvgIpc) is 2.40. The van der Waals surface area contributed by atoms with E-state index in [2.05, 4.69) is 12.2 Å². The molecule has 0 radical (unpaired) electrons. The third-order valence-corrected chi connectivity index (χ3v) is 4.24. The van der Waals surface area contributed by atoms with Crippen LogP contribution >= 0.6 is 0 Å². The number of halogens is 3. The van der Waals surface area contributed by atoms with E-state index < -0.39 is 11.7 Å².